The van der Waals surface area contributed by atoms with Crippen LogP contribution >= 0.6 is 0 Å². The molecule has 0 aromatic heterocycles. The molecule has 2 aromatic carbocycles. The summed E-state index contributed by atoms with van der Waals surface area (Å²) in [5, 5.41) is 2.37. The summed E-state index contributed by atoms with van der Waals surface area (Å²) in [6, 6.07) is 14.0. The van der Waals surface area contributed by atoms with Gasteiger partial charge < -0.3 is 4.74 Å². The Morgan fingerprint density at radius 3 is 2.72 bits per heavy atom. The van der Waals surface area contributed by atoms with Crippen molar-refractivity contribution < 1.29 is 14.3 Å². The van der Waals surface area contributed by atoms with Crippen molar-refractivity contribution >= 4 is 11.8 Å². The smallest absolute Gasteiger partial charge is 0.259 e. The van der Waals surface area contributed by atoms with E-state index in [1.807, 2.05) is 31.2 Å². The first kappa shape index (κ1) is 16.0. The summed E-state index contributed by atoms with van der Waals surface area (Å²) in [7, 11) is 0. The van der Waals surface area contributed by atoms with E-state index in [9.17, 15) is 9.59 Å². The lowest BCUT2D eigenvalue weighted by Gasteiger charge is -2.34. The average molecular weight is 336 g/mol. The third-order valence-electron chi connectivity index (χ3n) is 4.95. The molecule has 0 bridgehead atoms. The highest BCUT2D eigenvalue weighted by atomic mass is 16.5. The van der Waals surface area contributed by atoms with Crippen LogP contribution in [-0.2, 0) is 11.3 Å². The molecule has 4 rings (SSSR count). The molecule has 1 saturated heterocycles. The van der Waals surface area contributed by atoms with Gasteiger partial charge >= 0.3 is 0 Å². The minimum atomic E-state index is -0.315. The second-order valence-corrected chi connectivity index (χ2v) is 6.57. The summed E-state index contributed by atoms with van der Waals surface area (Å²) in [4.78, 5) is 26.2. The van der Waals surface area contributed by atoms with Gasteiger partial charge in [0.05, 0.1) is 23.8 Å². The van der Waals surface area contributed by atoms with Crippen molar-refractivity contribution in [1.29, 1.82) is 0 Å². The molecule has 0 aliphatic carbocycles. The fourth-order valence-corrected chi connectivity index (χ4v) is 3.67. The number of hydrogen-bond acceptors (Lipinski definition) is 4. The van der Waals surface area contributed by atoms with Crippen molar-refractivity contribution in [3.8, 4) is 0 Å². The molecule has 1 fully saturated rings. The summed E-state index contributed by atoms with van der Waals surface area (Å²) in [5.74, 6) is -0.624. The number of carbonyl (C=O) groups is 2. The number of fused-ring (bicyclic) bond motifs is 1. The Hall–Kier alpha value is -2.50. The van der Waals surface area contributed by atoms with Gasteiger partial charge in [-0.2, -0.15) is 0 Å². The molecule has 5 nitrogen and oxygen atoms in total. The molecule has 1 N–H and O–H groups in total. The minimum absolute atomic E-state index is 0.0914. The Bertz CT molecular complexity index is 832. The molecule has 2 aliphatic heterocycles. The number of imide groups is 1. The molecule has 5 heteroatoms. The van der Waals surface area contributed by atoms with E-state index in [4.69, 9.17) is 4.74 Å². The number of ether oxygens (including phenoxy) is 1. The van der Waals surface area contributed by atoms with Gasteiger partial charge in [0, 0.05) is 19.6 Å². The van der Waals surface area contributed by atoms with Gasteiger partial charge in [-0.3, -0.25) is 19.8 Å². The summed E-state index contributed by atoms with van der Waals surface area (Å²) in [6.45, 7) is 5.08. The van der Waals surface area contributed by atoms with Gasteiger partial charge in [0.15, 0.2) is 0 Å². The van der Waals surface area contributed by atoms with Crippen LogP contribution in [-0.4, -0.2) is 36.4 Å². The van der Waals surface area contributed by atoms with E-state index in [0.717, 1.165) is 30.8 Å². The standard InChI is InChI=1S/C20H20N2O3/c1-13-15(7-8-16-18(13)20(24)21-19(16)23)17-12-22(9-10-25-17)11-14-5-3-2-4-6-14/h2-8,17H,9-12H2,1H3,(H,21,23,24). The molecular formula is C20H20N2O3. The van der Waals surface area contributed by atoms with Crippen LogP contribution in [0.4, 0.5) is 0 Å². The van der Waals surface area contributed by atoms with Crippen molar-refractivity contribution in [3.63, 3.8) is 0 Å². The average Bonchev–Trinajstić information content (AvgIpc) is 2.91. The number of amides is 2. The summed E-state index contributed by atoms with van der Waals surface area (Å²) in [5.41, 5.74) is 4.06. The molecule has 2 heterocycles. The molecule has 2 amide bonds. The lowest BCUT2D eigenvalue weighted by molar-refractivity contribution is -0.0332. The highest BCUT2D eigenvalue weighted by molar-refractivity contribution is 6.22. The number of benzene rings is 2. The highest BCUT2D eigenvalue weighted by Crippen LogP contribution is 2.31. The van der Waals surface area contributed by atoms with Crippen molar-refractivity contribution in [3.05, 3.63) is 70.3 Å². The predicted octanol–water partition coefficient (Wildman–Crippen LogP) is 2.45. The lowest BCUT2D eigenvalue weighted by Crippen LogP contribution is -2.38. The quantitative estimate of drug-likeness (QED) is 0.875. The Labute approximate surface area is 146 Å². The van der Waals surface area contributed by atoms with E-state index in [-0.39, 0.29) is 17.9 Å². The summed E-state index contributed by atoms with van der Waals surface area (Å²) < 4.78 is 5.98. The first-order valence-corrected chi connectivity index (χ1v) is 8.50. The molecule has 2 aliphatic rings. The van der Waals surface area contributed by atoms with Gasteiger partial charge in [-0.1, -0.05) is 36.4 Å². The number of hydrogen-bond donors (Lipinski definition) is 1. The van der Waals surface area contributed by atoms with Crippen molar-refractivity contribution in [1.82, 2.24) is 10.2 Å². The third-order valence-corrected chi connectivity index (χ3v) is 4.95. The predicted molar refractivity (Wildman–Crippen MR) is 93.4 cm³/mol. The Morgan fingerprint density at radius 1 is 1.12 bits per heavy atom. The Kier molecular flexibility index (Phi) is 4.11. The molecule has 25 heavy (non-hydrogen) atoms. The van der Waals surface area contributed by atoms with Gasteiger partial charge in [-0.25, -0.2) is 0 Å². The van der Waals surface area contributed by atoms with Gasteiger partial charge in [0.25, 0.3) is 11.8 Å². The summed E-state index contributed by atoms with van der Waals surface area (Å²) in [6.07, 6.45) is -0.0914. The zero-order chi connectivity index (χ0) is 17.4. The maximum atomic E-state index is 12.1. The fourth-order valence-electron chi connectivity index (χ4n) is 3.67. The van der Waals surface area contributed by atoms with Crippen LogP contribution in [0, 0.1) is 6.92 Å². The van der Waals surface area contributed by atoms with E-state index in [2.05, 4.69) is 22.3 Å². The van der Waals surface area contributed by atoms with E-state index in [0.29, 0.717) is 17.7 Å². The van der Waals surface area contributed by atoms with Crippen molar-refractivity contribution in [2.24, 2.45) is 0 Å². The SMILES string of the molecule is Cc1c(C2CN(Cc3ccccc3)CCO2)ccc2c1C(=O)NC2=O. The maximum absolute atomic E-state index is 12.1. The van der Waals surface area contributed by atoms with E-state index >= 15 is 0 Å². The molecule has 0 saturated carbocycles. The molecule has 1 unspecified atom stereocenters. The summed E-state index contributed by atoms with van der Waals surface area (Å²) >= 11 is 0. The van der Waals surface area contributed by atoms with Crippen LogP contribution in [0.2, 0.25) is 0 Å². The number of nitrogens with zero attached hydrogens (tertiary/aromatic N) is 1. The molecule has 1 atom stereocenters. The number of morpholine rings is 1. The van der Waals surface area contributed by atoms with Crippen LogP contribution < -0.4 is 5.32 Å². The number of nitrogens with one attached hydrogen (secondary N) is 1. The minimum Gasteiger partial charge on any atom is -0.371 e. The van der Waals surface area contributed by atoms with Gasteiger partial charge in [-0.05, 0) is 29.7 Å². The third kappa shape index (κ3) is 2.97. The largest absolute Gasteiger partial charge is 0.371 e. The second kappa shape index (κ2) is 6.43. The molecule has 2 aromatic rings. The zero-order valence-electron chi connectivity index (χ0n) is 14.1. The topological polar surface area (TPSA) is 58.6 Å². The molecule has 0 radical (unpaired) electrons. The molecule has 0 spiro atoms. The number of carbonyl (C=O) groups excluding carboxylic acids is 2. The van der Waals surface area contributed by atoms with Crippen LogP contribution in [0.3, 0.4) is 0 Å². The Balaban J connectivity index is 1.57. The first-order valence-electron chi connectivity index (χ1n) is 8.50. The first-order chi connectivity index (χ1) is 12.1. The highest BCUT2D eigenvalue weighted by Gasteiger charge is 2.32. The van der Waals surface area contributed by atoms with Gasteiger partial charge in [0.2, 0.25) is 0 Å². The molecular weight excluding hydrogens is 316 g/mol. The fraction of sp³-hybridized carbons (Fsp3) is 0.300. The van der Waals surface area contributed by atoms with E-state index in [1.165, 1.54) is 5.56 Å². The van der Waals surface area contributed by atoms with Crippen LogP contribution in [0.5, 0.6) is 0 Å². The normalized spacial score (nSPS) is 20.4. The van der Waals surface area contributed by atoms with E-state index < -0.39 is 0 Å². The Morgan fingerprint density at radius 2 is 1.92 bits per heavy atom. The maximum Gasteiger partial charge on any atom is 0.259 e. The van der Waals surface area contributed by atoms with Crippen molar-refractivity contribution in [2.45, 2.75) is 19.6 Å². The molecule has 128 valence electrons. The lowest BCUT2D eigenvalue weighted by atomic mass is 9.94. The number of rotatable bonds is 3. The monoisotopic (exact) mass is 336 g/mol. The van der Waals surface area contributed by atoms with Gasteiger partial charge in [0.1, 0.15) is 0 Å². The van der Waals surface area contributed by atoms with Crippen molar-refractivity contribution in [2.75, 3.05) is 19.7 Å². The van der Waals surface area contributed by atoms with Crippen LogP contribution in [0.15, 0.2) is 42.5 Å². The van der Waals surface area contributed by atoms with E-state index in [1.54, 1.807) is 6.07 Å². The second-order valence-electron chi connectivity index (χ2n) is 6.57. The van der Waals surface area contributed by atoms with Gasteiger partial charge in [-0.15, -0.1) is 0 Å². The van der Waals surface area contributed by atoms with Crippen LogP contribution in [0.25, 0.3) is 0 Å². The van der Waals surface area contributed by atoms with Crippen LogP contribution in [0.1, 0.15) is 43.5 Å². The zero-order valence-corrected chi connectivity index (χ0v) is 14.1.